The maximum Gasteiger partial charge on any atom is 0.310 e. The fourth-order valence-electron chi connectivity index (χ4n) is 4.06. The first kappa shape index (κ1) is 26.0. The lowest BCUT2D eigenvalue weighted by Gasteiger charge is -2.08. The van der Waals surface area contributed by atoms with Gasteiger partial charge in [-0.25, -0.2) is 0 Å². The minimum absolute atomic E-state index is 0.0777. The first-order valence-corrected chi connectivity index (χ1v) is 11.9. The van der Waals surface area contributed by atoms with Crippen LogP contribution in [0.1, 0.15) is 60.8 Å². The number of nitrogens with zero attached hydrogens (tertiary/aromatic N) is 1. The number of rotatable bonds is 9. The molecular weight excluding hydrogens is 438 g/mol. The van der Waals surface area contributed by atoms with E-state index in [4.69, 9.17) is 9.47 Å². The van der Waals surface area contributed by atoms with Crippen molar-refractivity contribution in [3.63, 3.8) is 0 Å². The lowest BCUT2D eigenvalue weighted by molar-refractivity contribution is -0.141. The van der Waals surface area contributed by atoms with E-state index in [1.165, 1.54) is 11.1 Å². The van der Waals surface area contributed by atoms with E-state index in [9.17, 15) is 9.59 Å². The predicted octanol–water partition coefficient (Wildman–Crippen LogP) is 6.73. The van der Waals surface area contributed by atoms with Gasteiger partial charge in [-0.15, -0.1) is 0 Å². The summed E-state index contributed by atoms with van der Waals surface area (Å²) in [6, 6.07) is 13.1. The minimum Gasteiger partial charge on any atom is -0.497 e. The van der Waals surface area contributed by atoms with E-state index in [1.807, 2.05) is 69.3 Å². The predicted molar refractivity (Wildman–Crippen MR) is 141 cm³/mol. The van der Waals surface area contributed by atoms with Gasteiger partial charge in [0, 0.05) is 16.6 Å². The third kappa shape index (κ3) is 6.50. The number of esters is 1. The normalized spacial score (nSPS) is 11.4. The zero-order valence-corrected chi connectivity index (χ0v) is 21.6. The molecule has 1 aromatic heterocycles. The smallest absolute Gasteiger partial charge is 0.310 e. The molecule has 0 N–H and O–H groups in total. The highest BCUT2D eigenvalue weighted by Crippen LogP contribution is 2.31. The zero-order valence-electron chi connectivity index (χ0n) is 21.6. The third-order valence-corrected chi connectivity index (χ3v) is 6.13. The fourth-order valence-corrected chi connectivity index (χ4v) is 4.06. The van der Waals surface area contributed by atoms with Crippen LogP contribution >= 0.6 is 0 Å². The second kappa shape index (κ2) is 11.7. The van der Waals surface area contributed by atoms with Crippen LogP contribution in [0.2, 0.25) is 0 Å². The van der Waals surface area contributed by atoms with Crippen molar-refractivity contribution in [2.45, 2.75) is 53.9 Å². The standard InChI is InChI=1S/C30H35NO4/c1-20(2)8-7-9-21(3)16-17-35-29(32)19-26-23(5)31(28-15-14-25(34-6)18-27(26)28)30(33)24-12-10-22(4)11-13-24/h8,10-16,18H,7,9,17,19H2,1-6H3/b21-16+. The second-order valence-corrected chi connectivity index (χ2v) is 9.18. The van der Waals surface area contributed by atoms with Crippen LogP contribution in [0.4, 0.5) is 0 Å². The lowest BCUT2D eigenvalue weighted by Crippen LogP contribution is -2.14. The molecule has 0 amide bonds. The number of methoxy groups -OCH3 is 1. The van der Waals surface area contributed by atoms with E-state index in [1.54, 1.807) is 11.7 Å². The van der Waals surface area contributed by atoms with Crippen molar-refractivity contribution in [2.75, 3.05) is 13.7 Å². The first-order valence-electron chi connectivity index (χ1n) is 11.9. The second-order valence-electron chi connectivity index (χ2n) is 9.18. The molecule has 0 bridgehead atoms. The Labute approximate surface area is 208 Å². The Morgan fingerprint density at radius 3 is 2.34 bits per heavy atom. The number of hydrogen-bond acceptors (Lipinski definition) is 4. The summed E-state index contributed by atoms with van der Waals surface area (Å²) in [6.07, 6.45) is 6.16. The van der Waals surface area contributed by atoms with Gasteiger partial charge in [-0.1, -0.05) is 34.9 Å². The summed E-state index contributed by atoms with van der Waals surface area (Å²) in [4.78, 5) is 26.2. The molecule has 1 heterocycles. The number of hydrogen-bond donors (Lipinski definition) is 0. The molecule has 0 aliphatic heterocycles. The summed E-state index contributed by atoms with van der Waals surface area (Å²) >= 11 is 0. The van der Waals surface area contributed by atoms with Gasteiger partial charge in [0.15, 0.2) is 0 Å². The maximum absolute atomic E-state index is 13.4. The molecule has 184 valence electrons. The summed E-state index contributed by atoms with van der Waals surface area (Å²) in [5, 5.41) is 0.813. The van der Waals surface area contributed by atoms with Gasteiger partial charge in [-0.2, -0.15) is 0 Å². The molecule has 0 radical (unpaired) electrons. The molecule has 0 saturated heterocycles. The number of aryl methyl sites for hydroxylation is 1. The Hall–Kier alpha value is -3.60. The number of carbonyl (C=O) groups excluding carboxylic acids is 2. The van der Waals surface area contributed by atoms with Gasteiger partial charge >= 0.3 is 5.97 Å². The Balaban J connectivity index is 1.84. The Kier molecular flexibility index (Phi) is 8.69. The zero-order chi connectivity index (χ0) is 25.5. The van der Waals surface area contributed by atoms with Gasteiger partial charge in [0.2, 0.25) is 0 Å². The van der Waals surface area contributed by atoms with Crippen molar-refractivity contribution in [3.8, 4) is 5.75 Å². The van der Waals surface area contributed by atoms with Gasteiger partial charge < -0.3 is 9.47 Å². The van der Waals surface area contributed by atoms with E-state index in [0.717, 1.165) is 40.6 Å². The number of aromatic nitrogens is 1. The largest absolute Gasteiger partial charge is 0.497 e. The highest BCUT2D eigenvalue weighted by Gasteiger charge is 2.22. The highest BCUT2D eigenvalue weighted by molar-refractivity contribution is 6.05. The molecule has 0 aliphatic carbocycles. The summed E-state index contributed by atoms with van der Waals surface area (Å²) in [7, 11) is 1.60. The summed E-state index contributed by atoms with van der Waals surface area (Å²) < 4.78 is 12.6. The van der Waals surface area contributed by atoms with Crippen molar-refractivity contribution in [3.05, 3.63) is 88.1 Å². The molecule has 0 fully saturated rings. The van der Waals surface area contributed by atoms with Crippen molar-refractivity contribution in [1.29, 1.82) is 0 Å². The molecule has 35 heavy (non-hydrogen) atoms. The van der Waals surface area contributed by atoms with Crippen LogP contribution in [0.3, 0.4) is 0 Å². The molecule has 2 aromatic carbocycles. The Bertz CT molecular complexity index is 1270. The minimum atomic E-state index is -0.328. The van der Waals surface area contributed by atoms with Crippen LogP contribution in [0.15, 0.2) is 65.8 Å². The van der Waals surface area contributed by atoms with Crippen molar-refractivity contribution < 1.29 is 19.1 Å². The molecule has 0 aliphatic rings. The van der Waals surface area contributed by atoms with Crippen LogP contribution in [0.5, 0.6) is 5.75 Å². The lowest BCUT2D eigenvalue weighted by atomic mass is 10.1. The Morgan fingerprint density at radius 1 is 0.971 bits per heavy atom. The summed E-state index contributed by atoms with van der Waals surface area (Å²) in [5.41, 5.74) is 6.41. The average molecular weight is 474 g/mol. The molecular formula is C30H35NO4. The molecule has 5 heteroatoms. The van der Waals surface area contributed by atoms with Gasteiger partial charge in [0.1, 0.15) is 12.4 Å². The van der Waals surface area contributed by atoms with Gasteiger partial charge in [-0.3, -0.25) is 14.2 Å². The van der Waals surface area contributed by atoms with Crippen LogP contribution in [0.25, 0.3) is 10.9 Å². The molecule has 5 nitrogen and oxygen atoms in total. The summed E-state index contributed by atoms with van der Waals surface area (Å²) in [6.45, 7) is 10.3. The van der Waals surface area contributed by atoms with Gasteiger partial charge in [-0.05, 0) is 89.4 Å². The quantitative estimate of drug-likeness (QED) is 0.255. The first-order chi connectivity index (χ1) is 16.7. The average Bonchev–Trinajstić information content (AvgIpc) is 3.09. The van der Waals surface area contributed by atoms with Crippen molar-refractivity contribution >= 4 is 22.8 Å². The topological polar surface area (TPSA) is 57.5 Å². The van der Waals surface area contributed by atoms with Crippen LogP contribution in [-0.2, 0) is 16.0 Å². The SMILES string of the molecule is COc1ccc2c(c1)c(CC(=O)OC/C=C(\C)CCC=C(C)C)c(C)n2C(=O)c1ccc(C)cc1. The van der Waals surface area contributed by atoms with Crippen LogP contribution in [0, 0.1) is 13.8 Å². The molecule has 0 spiro atoms. The highest BCUT2D eigenvalue weighted by atomic mass is 16.5. The number of ether oxygens (including phenoxy) is 2. The number of carbonyl (C=O) groups is 2. The van der Waals surface area contributed by atoms with E-state index in [2.05, 4.69) is 19.9 Å². The number of allylic oxidation sites excluding steroid dienone is 3. The van der Waals surface area contributed by atoms with E-state index < -0.39 is 0 Å². The van der Waals surface area contributed by atoms with Gasteiger partial charge in [0.25, 0.3) is 5.91 Å². The summed E-state index contributed by atoms with van der Waals surface area (Å²) in [5.74, 6) is 0.209. The molecule has 3 aromatic rings. The fraction of sp³-hybridized carbons (Fsp3) is 0.333. The van der Waals surface area contributed by atoms with Crippen LogP contribution < -0.4 is 4.74 Å². The maximum atomic E-state index is 13.4. The molecule has 3 rings (SSSR count). The van der Waals surface area contributed by atoms with Crippen molar-refractivity contribution in [2.24, 2.45) is 0 Å². The molecule has 0 atom stereocenters. The number of benzene rings is 2. The van der Waals surface area contributed by atoms with Crippen molar-refractivity contribution in [1.82, 2.24) is 4.57 Å². The van der Waals surface area contributed by atoms with E-state index in [-0.39, 0.29) is 24.9 Å². The number of fused-ring (bicyclic) bond motifs is 1. The third-order valence-electron chi connectivity index (χ3n) is 6.13. The van der Waals surface area contributed by atoms with Crippen LogP contribution in [-0.4, -0.2) is 30.2 Å². The van der Waals surface area contributed by atoms with Gasteiger partial charge in [0.05, 0.1) is 19.0 Å². The monoisotopic (exact) mass is 473 g/mol. The Morgan fingerprint density at radius 2 is 1.69 bits per heavy atom. The van der Waals surface area contributed by atoms with E-state index >= 15 is 0 Å². The molecule has 0 saturated carbocycles. The molecule has 0 unspecified atom stereocenters. The van der Waals surface area contributed by atoms with E-state index in [0.29, 0.717) is 11.3 Å².